The fraction of sp³-hybridized carbons (Fsp3) is 0.435. The van der Waals surface area contributed by atoms with Crippen LogP contribution in [0.2, 0.25) is 0 Å². The van der Waals surface area contributed by atoms with Crippen LogP contribution >= 0.6 is 0 Å². The summed E-state index contributed by atoms with van der Waals surface area (Å²) in [5.74, 6) is 3.80. The molecule has 4 heterocycles. The second-order valence-corrected chi connectivity index (χ2v) is 16.2. The molecular formula is C46H50O8. The molecule has 7 atom stereocenters. The van der Waals surface area contributed by atoms with Crippen LogP contribution in [0.3, 0.4) is 0 Å². The van der Waals surface area contributed by atoms with Gasteiger partial charge in [-0.3, -0.25) is 0 Å². The molecule has 2 aromatic rings. The first-order chi connectivity index (χ1) is 26.3. The van der Waals surface area contributed by atoms with E-state index >= 15 is 0 Å². The zero-order valence-electron chi connectivity index (χ0n) is 31.5. The van der Waals surface area contributed by atoms with Crippen molar-refractivity contribution in [1.82, 2.24) is 0 Å². The first-order valence-electron chi connectivity index (χ1n) is 19.4. The molecule has 7 aliphatic rings. The van der Waals surface area contributed by atoms with Crippen molar-refractivity contribution in [1.29, 1.82) is 0 Å². The maximum Gasteiger partial charge on any atom is 0.124 e. The van der Waals surface area contributed by atoms with Gasteiger partial charge in [0.2, 0.25) is 0 Å². The molecule has 4 aliphatic heterocycles. The maximum absolute atomic E-state index is 6.58. The molecule has 4 fully saturated rings. The van der Waals surface area contributed by atoms with Crippen LogP contribution in [0.5, 0.6) is 5.75 Å². The Hall–Kier alpha value is -4.34. The van der Waals surface area contributed by atoms with E-state index in [1.807, 2.05) is 6.07 Å². The van der Waals surface area contributed by atoms with Crippen LogP contribution < -0.4 is 4.74 Å². The molecule has 8 nitrogen and oxygen atoms in total. The van der Waals surface area contributed by atoms with E-state index in [2.05, 4.69) is 112 Å². The fourth-order valence-corrected chi connectivity index (χ4v) is 7.27. The van der Waals surface area contributed by atoms with Crippen LogP contribution in [0.15, 0.2) is 114 Å². The first kappa shape index (κ1) is 35.4. The van der Waals surface area contributed by atoms with Gasteiger partial charge in [-0.2, -0.15) is 0 Å². The summed E-state index contributed by atoms with van der Waals surface area (Å²) in [5, 5.41) is 0. The Morgan fingerprint density at radius 3 is 1.94 bits per heavy atom. The molecule has 0 saturated carbocycles. The van der Waals surface area contributed by atoms with Crippen molar-refractivity contribution >= 4 is 11.8 Å². The van der Waals surface area contributed by atoms with E-state index in [0.29, 0.717) is 26.4 Å². The summed E-state index contributed by atoms with van der Waals surface area (Å²) in [4.78, 5) is 0. The van der Waals surface area contributed by atoms with Gasteiger partial charge in [-0.25, -0.2) is 0 Å². The lowest BCUT2D eigenvalue weighted by atomic mass is 9.79. The molecule has 3 aliphatic carbocycles. The van der Waals surface area contributed by atoms with Crippen LogP contribution in [0.4, 0.5) is 0 Å². The summed E-state index contributed by atoms with van der Waals surface area (Å²) in [7, 11) is 0. The second kappa shape index (κ2) is 14.7. The fourth-order valence-electron chi connectivity index (χ4n) is 7.27. The van der Waals surface area contributed by atoms with Crippen LogP contribution in [-0.4, -0.2) is 77.3 Å². The van der Waals surface area contributed by atoms with Gasteiger partial charge in [-0.15, -0.1) is 0 Å². The van der Waals surface area contributed by atoms with Crippen molar-refractivity contribution in [2.24, 2.45) is 16.7 Å². The highest BCUT2D eigenvalue weighted by Crippen LogP contribution is 2.42. The van der Waals surface area contributed by atoms with Crippen LogP contribution in [0.1, 0.15) is 43.0 Å². The van der Waals surface area contributed by atoms with Crippen molar-refractivity contribution in [3.05, 3.63) is 136 Å². The van der Waals surface area contributed by atoms with E-state index < -0.39 is 0 Å². The molecule has 0 N–H and O–H groups in total. The summed E-state index contributed by atoms with van der Waals surface area (Å²) in [6.07, 6.45) is 22.4. The Kier molecular flexibility index (Phi) is 9.64. The van der Waals surface area contributed by atoms with Gasteiger partial charge in [-0.05, 0) is 84.4 Å². The van der Waals surface area contributed by atoms with Gasteiger partial charge in [-0.1, -0.05) is 74.6 Å². The van der Waals surface area contributed by atoms with Gasteiger partial charge in [0.15, 0.2) is 0 Å². The van der Waals surface area contributed by atoms with Crippen molar-refractivity contribution in [3.8, 4) is 5.75 Å². The molecule has 2 aromatic carbocycles. The zero-order chi connectivity index (χ0) is 36.7. The Balaban J connectivity index is 0.939. The summed E-state index contributed by atoms with van der Waals surface area (Å²) >= 11 is 0. The van der Waals surface area contributed by atoms with E-state index in [9.17, 15) is 0 Å². The molecular weight excluding hydrogens is 680 g/mol. The number of hydrogen-bond acceptors (Lipinski definition) is 8. The highest BCUT2D eigenvalue weighted by molar-refractivity contribution is 5.75. The molecule has 0 radical (unpaired) electrons. The molecule has 0 amide bonds. The standard InChI is InChI=1S/C46H50O8/c1-30-4-9-33-18-44(54-29-39-26-51-39)46(3,15-13-41(33)42(16-30)52-27-37-24-49-37)20-32-7-5-31(6-8-32)19-45(2)14-12-34-17-35(47-22-36-23-48-36)10-11-40(34)43(21-45)53-28-38-25-50-38/h4-18,21,30,36-39H,19-20,22-29H2,1-3H3. The van der Waals surface area contributed by atoms with Gasteiger partial charge in [0.05, 0.1) is 26.4 Å². The monoisotopic (exact) mass is 730 g/mol. The molecule has 4 saturated heterocycles. The van der Waals surface area contributed by atoms with Crippen molar-refractivity contribution in [3.63, 3.8) is 0 Å². The first-order valence-corrected chi connectivity index (χ1v) is 19.4. The number of rotatable bonds is 16. The molecule has 9 rings (SSSR count). The third-order valence-corrected chi connectivity index (χ3v) is 10.9. The smallest absolute Gasteiger partial charge is 0.124 e. The van der Waals surface area contributed by atoms with E-state index in [4.69, 9.17) is 37.9 Å². The lowest BCUT2D eigenvalue weighted by Crippen LogP contribution is -2.23. The Morgan fingerprint density at radius 2 is 1.28 bits per heavy atom. The van der Waals surface area contributed by atoms with Gasteiger partial charge in [0.1, 0.15) is 73.9 Å². The third-order valence-electron chi connectivity index (χ3n) is 10.9. The molecule has 0 aromatic heterocycles. The van der Waals surface area contributed by atoms with Crippen LogP contribution in [0, 0.1) is 16.7 Å². The summed E-state index contributed by atoms with van der Waals surface area (Å²) in [6, 6.07) is 15.3. The maximum atomic E-state index is 6.58. The van der Waals surface area contributed by atoms with Crippen molar-refractivity contribution < 1.29 is 37.9 Å². The average molecular weight is 731 g/mol. The number of allylic oxidation sites excluding steroid dienone is 9. The molecule has 282 valence electrons. The number of ether oxygens (including phenoxy) is 8. The SMILES string of the molecule is CC1C=CC2=C(C=CC(C)(Cc3ccc(CC4(C)C=Cc5cc(OCC6CO6)ccc5C(OCC5CO5)=C4)cc3)C(OCC3CO3)=C2)C(OCC2CO2)=C1. The van der Waals surface area contributed by atoms with Crippen molar-refractivity contribution in [2.45, 2.75) is 58.0 Å². The number of fused-ring (bicyclic) bond motifs is 1. The topological polar surface area (TPSA) is 87.0 Å². The van der Waals surface area contributed by atoms with E-state index in [0.717, 1.165) is 84.6 Å². The zero-order valence-corrected chi connectivity index (χ0v) is 31.5. The van der Waals surface area contributed by atoms with Crippen LogP contribution in [-0.2, 0) is 46.0 Å². The Labute approximate surface area is 318 Å². The predicted octanol–water partition coefficient (Wildman–Crippen LogP) is 7.72. The molecule has 8 heteroatoms. The largest absolute Gasteiger partial charge is 0.494 e. The highest BCUT2D eigenvalue weighted by atomic mass is 16.6. The summed E-state index contributed by atoms with van der Waals surface area (Å²) < 4.78 is 47.2. The van der Waals surface area contributed by atoms with E-state index in [-0.39, 0.29) is 41.2 Å². The molecule has 0 bridgehead atoms. The number of benzene rings is 2. The lowest BCUT2D eigenvalue weighted by molar-refractivity contribution is 0.137. The number of epoxide rings is 4. The molecule has 7 unspecified atom stereocenters. The third kappa shape index (κ3) is 8.79. The van der Waals surface area contributed by atoms with Gasteiger partial charge in [0, 0.05) is 22.0 Å². The Bertz CT molecular complexity index is 1950. The second-order valence-electron chi connectivity index (χ2n) is 16.2. The van der Waals surface area contributed by atoms with Gasteiger partial charge >= 0.3 is 0 Å². The summed E-state index contributed by atoms with van der Waals surface area (Å²) in [5.41, 5.74) is 6.14. The van der Waals surface area contributed by atoms with Gasteiger partial charge in [0.25, 0.3) is 0 Å². The lowest BCUT2D eigenvalue weighted by Gasteiger charge is -2.29. The van der Waals surface area contributed by atoms with Gasteiger partial charge < -0.3 is 37.9 Å². The minimum absolute atomic E-state index is 0.157. The summed E-state index contributed by atoms with van der Waals surface area (Å²) in [6.45, 7) is 12.0. The minimum Gasteiger partial charge on any atom is -0.494 e. The Morgan fingerprint density at radius 1 is 0.667 bits per heavy atom. The molecule has 54 heavy (non-hydrogen) atoms. The molecule has 0 spiro atoms. The predicted molar refractivity (Wildman–Crippen MR) is 206 cm³/mol. The average Bonchev–Trinajstić information content (AvgIpc) is 3.97. The van der Waals surface area contributed by atoms with E-state index in [1.54, 1.807) is 0 Å². The highest BCUT2D eigenvalue weighted by Gasteiger charge is 2.35. The van der Waals surface area contributed by atoms with Crippen LogP contribution in [0.25, 0.3) is 11.8 Å². The quantitative estimate of drug-likeness (QED) is 0.163. The minimum atomic E-state index is -0.386. The normalized spacial score (nSPS) is 31.5. The van der Waals surface area contributed by atoms with E-state index in [1.165, 1.54) is 11.1 Å². The number of hydrogen-bond donors (Lipinski definition) is 0. The van der Waals surface area contributed by atoms with Crippen molar-refractivity contribution in [2.75, 3.05) is 52.9 Å².